The largest absolute Gasteiger partial charge is 0.366 e. The van der Waals surface area contributed by atoms with Gasteiger partial charge in [-0.3, -0.25) is 0 Å². The van der Waals surface area contributed by atoms with Crippen LogP contribution in [0.15, 0.2) is 12.5 Å². The molecule has 0 aliphatic heterocycles. The first-order valence-corrected chi connectivity index (χ1v) is 5.41. The minimum atomic E-state index is 0.572. The lowest BCUT2D eigenvalue weighted by atomic mass is 10.2. The molecule has 0 aromatic carbocycles. The Morgan fingerprint density at radius 1 is 1.64 bits per heavy atom. The predicted octanol–water partition coefficient (Wildman–Crippen LogP) is 2.73. The van der Waals surface area contributed by atoms with E-state index in [2.05, 4.69) is 22.2 Å². The van der Waals surface area contributed by atoms with Crippen molar-refractivity contribution in [2.24, 2.45) is 5.92 Å². The number of hydrogen-bond donors (Lipinski definition) is 1. The first-order chi connectivity index (χ1) is 6.81. The molecule has 1 saturated carbocycles. The van der Waals surface area contributed by atoms with E-state index in [1.54, 1.807) is 6.20 Å². The van der Waals surface area contributed by atoms with E-state index in [9.17, 15) is 0 Å². The van der Waals surface area contributed by atoms with Crippen molar-refractivity contribution in [1.29, 1.82) is 0 Å². The summed E-state index contributed by atoms with van der Waals surface area (Å²) < 4.78 is 0. The van der Waals surface area contributed by atoms with Gasteiger partial charge in [0.1, 0.15) is 17.2 Å². The third-order valence-corrected chi connectivity index (χ3v) is 2.85. The van der Waals surface area contributed by atoms with Crippen molar-refractivity contribution in [1.82, 2.24) is 9.97 Å². The van der Waals surface area contributed by atoms with Crippen molar-refractivity contribution in [2.75, 3.05) is 5.32 Å². The molecule has 4 heteroatoms. The molecule has 1 N–H and O–H groups in total. The number of rotatable bonds is 4. The van der Waals surface area contributed by atoms with Crippen molar-refractivity contribution in [2.45, 2.75) is 32.2 Å². The van der Waals surface area contributed by atoms with Crippen LogP contribution in [0.5, 0.6) is 0 Å². The van der Waals surface area contributed by atoms with E-state index < -0.39 is 0 Å². The van der Waals surface area contributed by atoms with Crippen LogP contribution in [-0.4, -0.2) is 16.0 Å². The lowest BCUT2D eigenvalue weighted by Gasteiger charge is -2.05. The second-order valence-electron chi connectivity index (χ2n) is 3.75. The zero-order valence-corrected chi connectivity index (χ0v) is 8.96. The summed E-state index contributed by atoms with van der Waals surface area (Å²) in [5.41, 5.74) is 0. The third-order valence-electron chi connectivity index (χ3n) is 2.57. The summed E-state index contributed by atoms with van der Waals surface area (Å²) in [5.74, 6) is 1.58. The summed E-state index contributed by atoms with van der Waals surface area (Å²) in [7, 11) is 0. The van der Waals surface area contributed by atoms with Crippen molar-refractivity contribution < 1.29 is 0 Å². The Morgan fingerprint density at radius 3 is 3.21 bits per heavy atom. The summed E-state index contributed by atoms with van der Waals surface area (Å²) >= 11 is 5.93. The molecule has 0 amide bonds. The van der Waals surface area contributed by atoms with E-state index >= 15 is 0 Å². The number of anilines is 1. The van der Waals surface area contributed by atoms with Crippen LogP contribution >= 0.6 is 11.6 Å². The van der Waals surface area contributed by atoms with Crippen LogP contribution in [0.3, 0.4) is 0 Å². The van der Waals surface area contributed by atoms with Crippen LogP contribution in [0.1, 0.15) is 26.2 Å². The van der Waals surface area contributed by atoms with E-state index in [1.807, 2.05) is 0 Å². The molecule has 2 unspecified atom stereocenters. The second kappa shape index (κ2) is 4.13. The highest BCUT2D eigenvalue weighted by Crippen LogP contribution is 2.37. The monoisotopic (exact) mass is 211 g/mol. The number of aromatic nitrogens is 2. The Labute approximate surface area is 88.9 Å². The fraction of sp³-hybridized carbons (Fsp3) is 0.600. The van der Waals surface area contributed by atoms with Crippen molar-refractivity contribution >= 4 is 17.4 Å². The van der Waals surface area contributed by atoms with Gasteiger partial charge in [-0.15, -0.1) is 0 Å². The van der Waals surface area contributed by atoms with E-state index in [0.29, 0.717) is 11.1 Å². The summed E-state index contributed by atoms with van der Waals surface area (Å²) in [6, 6.07) is 0.572. The van der Waals surface area contributed by atoms with Crippen LogP contribution < -0.4 is 5.32 Å². The minimum Gasteiger partial charge on any atom is -0.366 e. The molecule has 1 aliphatic carbocycles. The Morgan fingerprint density at radius 2 is 2.50 bits per heavy atom. The van der Waals surface area contributed by atoms with Gasteiger partial charge in [0.15, 0.2) is 0 Å². The standard InChI is InChI=1S/C10H14ClN3/c1-2-3-7-4-9(7)14-10-8(11)5-12-6-13-10/h5-7,9H,2-4H2,1H3,(H,12,13,14). The van der Waals surface area contributed by atoms with Crippen LogP contribution in [-0.2, 0) is 0 Å². The fourth-order valence-electron chi connectivity index (χ4n) is 1.71. The van der Waals surface area contributed by atoms with Crippen LogP contribution in [0.25, 0.3) is 0 Å². The van der Waals surface area contributed by atoms with Crippen molar-refractivity contribution in [3.05, 3.63) is 17.5 Å². The van der Waals surface area contributed by atoms with E-state index in [0.717, 1.165) is 11.7 Å². The molecule has 1 heterocycles. The highest BCUT2D eigenvalue weighted by Gasteiger charge is 2.36. The molecule has 2 atom stereocenters. The molecule has 1 aromatic rings. The molecule has 3 nitrogen and oxygen atoms in total. The third kappa shape index (κ3) is 2.15. The van der Waals surface area contributed by atoms with Gasteiger partial charge < -0.3 is 5.32 Å². The Balaban J connectivity index is 1.90. The number of nitrogens with zero attached hydrogens (tertiary/aromatic N) is 2. The van der Waals surface area contributed by atoms with Gasteiger partial charge in [0.2, 0.25) is 0 Å². The zero-order valence-electron chi connectivity index (χ0n) is 8.20. The Kier molecular flexibility index (Phi) is 2.87. The topological polar surface area (TPSA) is 37.8 Å². The van der Waals surface area contributed by atoms with Gasteiger partial charge in [0.05, 0.1) is 6.20 Å². The molecule has 76 valence electrons. The van der Waals surface area contributed by atoms with Gasteiger partial charge in [-0.05, 0) is 18.8 Å². The average molecular weight is 212 g/mol. The average Bonchev–Trinajstić information content (AvgIpc) is 2.89. The van der Waals surface area contributed by atoms with E-state index in [-0.39, 0.29) is 0 Å². The van der Waals surface area contributed by atoms with Crippen LogP contribution in [0.4, 0.5) is 5.82 Å². The summed E-state index contributed by atoms with van der Waals surface area (Å²) in [4.78, 5) is 7.94. The zero-order chi connectivity index (χ0) is 9.97. The van der Waals surface area contributed by atoms with Crippen molar-refractivity contribution in [3.8, 4) is 0 Å². The molecule has 1 fully saturated rings. The molecule has 0 saturated heterocycles. The molecular weight excluding hydrogens is 198 g/mol. The lowest BCUT2D eigenvalue weighted by molar-refractivity contribution is 0.692. The Hall–Kier alpha value is -0.830. The van der Waals surface area contributed by atoms with Gasteiger partial charge in [-0.1, -0.05) is 24.9 Å². The maximum absolute atomic E-state index is 5.93. The Bertz CT molecular complexity index is 316. The van der Waals surface area contributed by atoms with Gasteiger partial charge in [0.25, 0.3) is 0 Å². The van der Waals surface area contributed by atoms with Gasteiger partial charge in [-0.2, -0.15) is 0 Å². The SMILES string of the molecule is CCCC1CC1Nc1ncncc1Cl. The predicted molar refractivity (Wildman–Crippen MR) is 57.5 cm³/mol. The maximum Gasteiger partial charge on any atom is 0.148 e. The molecule has 1 aromatic heterocycles. The first-order valence-electron chi connectivity index (χ1n) is 5.03. The molecule has 0 bridgehead atoms. The number of hydrogen-bond acceptors (Lipinski definition) is 3. The van der Waals surface area contributed by atoms with Gasteiger partial charge in [0, 0.05) is 6.04 Å². The lowest BCUT2D eigenvalue weighted by Crippen LogP contribution is -2.06. The van der Waals surface area contributed by atoms with Crippen molar-refractivity contribution in [3.63, 3.8) is 0 Å². The molecule has 1 aliphatic rings. The molecule has 14 heavy (non-hydrogen) atoms. The highest BCUT2D eigenvalue weighted by molar-refractivity contribution is 6.32. The van der Waals surface area contributed by atoms with Gasteiger partial charge in [-0.25, -0.2) is 9.97 Å². The quantitative estimate of drug-likeness (QED) is 0.832. The summed E-state index contributed by atoms with van der Waals surface area (Å²) in [6.07, 6.45) is 6.93. The normalized spacial score (nSPS) is 24.7. The molecule has 0 radical (unpaired) electrons. The first kappa shape index (κ1) is 9.71. The van der Waals surface area contributed by atoms with E-state index in [4.69, 9.17) is 11.6 Å². The summed E-state index contributed by atoms with van der Waals surface area (Å²) in [6.45, 7) is 2.22. The van der Waals surface area contributed by atoms with E-state index in [1.165, 1.54) is 25.6 Å². The molecule has 0 spiro atoms. The number of nitrogens with one attached hydrogen (secondary N) is 1. The second-order valence-corrected chi connectivity index (χ2v) is 4.16. The van der Waals surface area contributed by atoms with Crippen LogP contribution in [0.2, 0.25) is 5.02 Å². The molecule has 2 rings (SSSR count). The molecular formula is C10H14ClN3. The smallest absolute Gasteiger partial charge is 0.148 e. The summed E-state index contributed by atoms with van der Waals surface area (Å²) in [5, 5.41) is 3.94. The minimum absolute atomic E-state index is 0.572. The number of halogens is 1. The van der Waals surface area contributed by atoms with Crippen LogP contribution in [0, 0.1) is 5.92 Å². The highest BCUT2D eigenvalue weighted by atomic mass is 35.5. The van der Waals surface area contributed by atoms with Gasteiger partial charge >= 0.3 is 0 Å². The fourth-order valence-corrected chi connectivity index (χ4v) is 1.87. The maximum atomic E-state index is 5.93.